The molecule has 1 atom stereocenters. The number of halogens is 1. The third-order valence-electron chi connectivity index (χ3n) is 4.37. The molecule has 0 bridgehead atoms. The molecule has 1 fully saturated rings. The lowest BCUT2D eigenvalue weighted by molar-refractivity contribution is -0.132. The van der Waals surface area contributed by atoms with Crippen LogP contribution in [-0.4, -0.2) is 30.4 Å². The van der Waals surface area contributed by atoms with Gasteiger partial charge >= 0.3 is 0 Å². The summed E-state index contributed by atoms with van der Waals surface area (Å²) < 4.78 is 0. The third-order valence-corrected chi connectivity index (χ3v) is 4.70. The summed E-state index contributed by atoms with van der Waals surface area (Å²) in [5.41, 5.74) is 2.21. The first-order valence-corrected chi connectivity index (χ1v) is 7.92. The van der Waals surface area contributed by atoms with E-state index < -0.39 is 0 Å². The van der Waals surface area contributed by atoms with Crippen molar-refractivity contribution in [1.82, 2.24) is 10.2 Å². The Labute approximate surface area is 125 Å². The molecule has 3 rings (SSSR count). The van der Waals surface area contributed by atoms with Crippen molar-refractivity contribution in [3.05, 3.63) is 34.3 Å². The van der Waals surface area contributed by atoms with Crippen molar-refractivity contribution in [3.63, 3.8) is 0 Å². The summed E-state index contributed by atoms with van der Waals surface area (Å²) in [6.07, 6.45) is 4.73. The van der Waals surface area contributed by atoms with Crippen molar-refractivity contribution in [3.8, 4) is 0 Å². The highest BCUT2D eigenvalue weighted by atomic mass is 35.5. The van der Waals surface area contributed by atoms with Gasteiger partial charge in [0.2, 0.25) is 5.91 Å². The Bertz CT molecular complexity index is 495. The zero-order chi connectivity index (χ0) is 13.9. The second kappa shape index (κ2) is 6.15. The van der Waals surface area contributed by atoms with Gasteiger partial charge in [0.1, 0.15) is 0 Å². The summed E-state index contributed by atoms with van der Waals surface area (Å²) in [7, 11) is 0. The maximum Gasteiger partial charge on any atom is 0.231 e. The monoisotopic (exact) mass is 292 g/mol. The van der Waals surface area contributed by atoms with Crippen molar-refractivity contribution < 1.29 is 4.79 Å². The van der Waals surface area contributed by atoms with Crippen LogP contribution in [0.25, 0.3) is 0 Å². The summed E-state index contributed by atoms with van der Waals surface area (Å²) >= 11 is 6.35. The molecule has 2 aliphatic heterocycles. The maximum absolute atomic E-state index is 12.8. The summed E-state index contributed by atoms with van der Waals surface area (Å²) in [5, 5.41) is 4.08. The van der Waals surface area contributed by atoms with E-state index in [0.717, 1.165) is 48.6 Å². The number of nitrogens with zero attached hydrogens (tertiary/aromatic N) is 1. The van der Waals surface area contributed by atoms with Gasteiger partial charge in [-0.2, -0.15) is 0 Å². The fourth-order valence-electron chi connectivity index (χ4n) is 3.30. The van der Waals surface area contributed by atoms with Crippen molar-refractivity contribution in [2.24, 2.45) is 0 Å². The molecule has 4 heteroatoms. The number of carbonyl (C=O) groups is 1. The lowest BCUT2D eigenvalue weighted by atomic mass is 9.89. The Morgan fingerprint density at radius 1 is 1.20 bits per heavy atom. The predicted molar refractivity (Wildman–Crippen MR) is 80.9 cm³/mol. The number of hydrogen-bond acceptors (Lipinski definition) is 2. The molecule has 20 heavy (non-hydrogen) atoms. The van der Waals surface area contributed by atoms with Crippen molar-refractivity contribution in [2.45, 2.75) is 38.1 Å². The van der Waals surface area contributed by atoms with E-state index in [2.05, 4.69) is 11.4 Å². The van der Waals surface area contributed by atoms with E-state index in [0.29, 0.717) is 6.54 Å². The fraction of sp³-hybridized carbons (Fsp3) is 0.562. The van der Waals surface area contributed by atoms with E-state index in [1.54, 1.807) is 0 Å². The summed E-state index contributed by atoms with van der Waals surface area (Å²) in [6, 6.07) is 5.92. The van der Waals surface area contributed by atoms with Crippen LogP contribution in [-0.2, 0) is 11.3 Å². The summed E-state index contributed by atoms with van der Waals surface area (Å²) in [5.74, 6) is 0.124. The van der Waals surface area contributed by atoms with Crippen LogP contribution in [0.1, 0.15) is 42.7 Å². The number of hydrogen-bond donors (Lipinski definition) is 1. The largest absolute Gasteiger partial charge is 0.342 e. The standard InChI is InChI=1S/C16H21ClN2O/c17-14-7-5-6-12-10-18-11-13(15(12)14)16(20)19-8-3-1-2-4-9-19/h5-7,13,18H,1-4,8-11H2. The highest BCUT2D eigenvalue weighted by Gasteiger charge is 2.31. The van der Waals surface area contributed by atoms with E-state index >= 15 is 0 Å². The zero-order valence-corrected chi connectivity index (χ0v) is 12.5. The molecule has 2 aliphatic rings. The lowest BCUT2D eigenvalue weighted by Gasteiger charge is -2.31. The van der Waals surface area contributed by atoms with Crippen molar-refractivity contribution in [2.75, 3.05) is 19.6 Å². The third kappa shape index (κ3) is 2.70. The van der Waals surface area contributed by atoms with E-state index in [9.17, 15) is 4.79 Å². The average molecular weight is 293 g/mol. The molecule has 1 aromatic carbocycles. The number of benzene rings is 1. The molecule has 1 aromatic rings. The van der Waals surface area contributed by atoms with Crippen LogP contribution in [0, 0.1) is 0 Å². The normalized spacial score (nSPS) is 23.1. The SMILES string of the molecule is O=C(C1CNCc2cccc(Cl)c21)N1CCCCCC1. The Hall–Kier alpha value is -1.06. The minimum atomic E-state index is -0.120. The number of likely N-dealkylation sites (tertiary alicyclic amines) is 1. The van der Waals surface area contributed by atoms with Gasteiger partial charge in [-0.3, -0.25) is 4.79 Å². The van der Waals surface area contributed by atoms with E-state index in [1.165, 1.54) is 12.8 Å². The number of rotatable bonds is 1. The van der Waals surface area contributed by atoms with Crippen LogP contribution in [0.15, 0.2) is 18.2 Å². The Kier molecular flexibility index (Phi) is 4.27. The van der Waals surface area contributed by atoms with E-state index in [4.69, 9.17) is 11.6 Å². The van der Waals surface area contributed by atoms with Gasteiger partial charge in [0.25, 0.3) is 0 Å². The van der Waals surface area contributed by atoms with Gasteiger partial charge in [-0.1, -0.05) is 36.6 Å². The molecule has 0 radical (unpaired) electrons. The van der Waals surface area contributed by atoms with E-state index in [1.807, 2.05) is 17.0 Å². The minimum Gasteiger partial charge on any atom is -0.342 e. The van der Waals surface area contributed by atoms with Gasteiger partial charge in [0.15, 0.2) is 0 Å². The molecule has 108 valence electrons. The van der Waals surface area contributed by atoms with E-state index in [-0.39, 0.29) is 11.8 Å². The quantitative estimate of drug-likeness (QED) is 0.863. The van der Waals surface area contributed by atoms with Crippen LogP contribution in [0.3, 0.4) is 0 Å². The van der Waals surface area contributed by atoms with Crippen LogP contribution >= 0.6 is 11.6 Å². The fourth-order valence-corrected chi connectivity index (χ4v) is 3.63. The van der Waals surface area contributed by atoms with Crippen LogP contribution < -0.4 is 5.32 Å². The second-order valence-corrected chi connectivity index (χ2v) is 6.14. The van der Waals surface area contributed by atoms with Crippen LogP contribution in [0.2, 0.25) is 5.02 Å². The number of carbonyl (C=O) groups excluding carboxylic acids is 1. The molecule has 1 amide bonds. The molecule has 0 spiro atoms. The Morgan fingerprint density at radius 3 is 2.70 bits per heavy atom. The first-order chi connectivity index (χ1) is 9.77. The van der Waals surface area contributed by atoms with Gasteiger partial charge in [-0.25, -0.2) is 0 Å². The van der Waals surface area contributed by atoms with Gasteiger partial charge < -0.3 is 10.2 Å². The average Bonchev–Trinajstić information content (AvgIpc) is 2.75. The number of amides is 1. The molecular formula is C16H21ClN2O. The molecule has 0 saturated carbocycles. The number of nitrogens with one attached hydrogen (secondary N) is 1. The number of fused-ring (bicyclic) bond motifs is 1. The Balaban J connectivity index is 1.86. The molecule has 1 saturated heterocycles. The first kappa shape index (κ1) is 13.9. The first-order valence-electron chi connectivity index (χ1n) is 7.54. The van der Waals surface area contributed by atoms with Crippen LogP contribution in [0.4, 0.5) is 0 Å². The topological polar surface area (TPSA) is 32.3 Å². The molecule has 2 heterocycles. The van der Waals surface area contributed by atoms with Gasteiger partial charge in [0.05, 0.1) is 5.92 Å². The Morgan fingerprint density at radius 2 is 1.95 bits per heavy atom. The van der Waals surface area contributed by atoms with Gasteiger partial charge in [0, 0.05) is 31.2 Å². The molecule has 0 aliphatic carbocycles. The van der Waals surface area contributed by atoms with Gasteiger partial charge in [-0.05, 0) is 30.0 Å². The zero-order valence-electron chi connectivity index (χ0n) is 11.7. The highest BCUT2D eigenvalue weighted by molar-refractivity contribution is 6.31. The second-order valence-electron chi connectivity index (χ2n) is 5.74. The van der Waals surface area contributed by atoms with Crippen LogP contribution in [0.5, 0.6) is 0 Å². The minimum absolute atomic E-state index is 0.120. The summed E-state index contributed by atoms with van der Waals surface area (Å²) in [4.78, 5) is 14.9. The molecule has 3 nitrogen and oxygen atoms in total. The van der Waals surface area contributed by atoms with Crippen molar-refractivity contribution >= 4 is 17.5 Å². The highest BCUT2D eigenvalue weighted by Crippen LogP contribution is 2.32. The molecule has 0 aromatic heterocycles. The predicted octanol–water partition coefficient (Wildman–Crippen LogP) is 2.93. The summed E-state index contributed by atoms with van der Waals surface area (Å²) in [6.45, 7) is 3.30. The molecule has 1 N–H and O–H groups in total. The maximum atomic E-state index is 12.8. The van der Waals surface area contributed by atoms with Gasteiger partial charge in [-0.15, -0.1) is 0 Å². The molecule has 1 unspecified atom stereocenters. The molecular weight excluding hydrogens is 272 g/mol. The van der Waals surface area contributed by atoms with Crippen molar-refractivity contribution in [1.29, 1.82) is 0 Å². The lowest BCUT2D eigenvalue weighted by Crippen LogP contribution is -2.42. The smallest absolute Gasteiger partial charge is 0.231 e.